The summed E-state index contributed by atoms with van der Waals surface area (Å²) in [6.07, 6.45) is 0. The van der Waals surface area contributed by atoms with Gasteiger partial charge < -0.3 is 10.2 Å². The Morgan fingerprint density at radius 1 is 0.778 bits per heavy atom. The Balaban J connectivity index is 2.44. The second-order valence-corrected chi connectivity index (χ2v) is 4.85. The minimum atomic E-state index is -0.0359. The largest absolute Gasteiger partial charge is 0.508 e. The van der Waals surface area contributed by atoms with Crippen LogP contribution in [0.2, 0.25) is 0 Å². The standard InChI is InChI=1S/C16H18O2/c1-10-4-6-13(15(17)8-10)12(3)14-7-5-11(2)9-16(14)18/h4-9,12,17-18H,1-3H3. The van der Waals surface area contributed by atoms with Gasteiger partial charge in [0.2, 0.25) is 0 Å². The quantitative estimate of drug-likeness (QED) is 0.839. The second-order valence-electron chi connectivity index (χ2n) is 4.85. The topological polar surface area (TPSA) is 40.5 Å². The van der Waals surface area contributed by atoms with E-state index in [1.807, 2.05) is 45.0 Å². The molecule has 0 unspecified atom stereocenters. The molecule has 0 aliphatic rings. The van der Waals surface area contributed by atoms with Crippen LogP contribution in [0.15, 0.2) is 36.4 Å². The molecule has 2 heteroatoms. The van der Waals surface area contributed by atoms with Gasteiger partial charge >= 0.3 is 0 Å². The van der Waals surface area contributed by atoms with Crippen molar-refractivity contribution in [1.82, 2.24) is 0 Å². The molecule has 2 aromatic carbocycles. The molecule has 0 atom stereocenters. The highest BCUT2D eigenvalue weighted by Crippen LogP contribution is 2.35. The van der Waals surface area contributed by atoms with Gasteiger partial charge in [-0.3, -0.25) is 0 Å². The van der Waals surface area contributed by atoms with Crippen LogP contribution in [0.4, 0.5) is 0 Å². The molecule has 2 rings (SSSR count). The van der Waals surface area contributed by atoms with Gasteiger partial charge in [0.1, 0.15) is 11.5 Å². The molecule has 0 radical (unpaired) electrons. The molecule has 2 nitrogen and oxygen atoms in total. The van der Waals surface area contributed by atoms with Crippen molar-refractivity contribution in [2.75, 3.05) is 0 Å². The Hall–Kier alpha value is -1.96. The molecular weight excluding hydrogens is 224 g/mol. The van der Waals surface area contributed by atoms with E-state index in [1.165, 1.54) is 0 Å². The van der Waals surface area contributed by atoms with E-state index in [0.29, 0.717) is 0 Å². The van der Waals surface area contributed by atoms with E-state index in [1.54, 1.807) is 12.1 Å². The lowest BCUT2D eigenvalue weighted by Crippen LogP contribution is -1.97. The summed E-state index contributed by atoms with van der Waals surface area (Å²) >= 11 is 0. The Morgan fingerprint density at radius 3 is 1.50 bits per heavy atom. The van der Waals surface area contributed by atoms with Crippen molar-refractivity contribution in [1.29, 1.82) is 0 Å². The molecule has 0 saturated carbocycles. The van der Waals surface area contributed by atoms with Gasteiger partial charge in [-0.15, -0.1) is 0 Å². The normalized spacial score (nSPS) is 10.9. The molecule has 0 amide bonds. The van der Waals surface area contributed by atoms with Crippen molar-refractivity contribution in [3.05, 3.63) is 58.7 Å². The van der Waals surface area contributed by atoms with E-state index in [2.05, 4.69) is 0 Å². The van der Waals surface area contributed by atoms with Crippen LogP contribution < -0.4 is 0 Å². The molecule has 2 N–H and O–H groups in total. The number of aromatic hydroxyl groups is 2. The zero-order valence-corrected chi connectivity index (χ0v) is 10.9. The number of hydrogen-bond donors (Lipinski definition) is 2. The molecule has 2 aromatic rings. The minimum absolute atomic E-state index is 0.0359. The maximum absolute atomic E-state index is 9.99. The first-order valence-electron chi connectivity index (χ1n) is 6.08. The van der Waals surface area contributed by atoms with Crippen LogP contribution >= 0.6 is 0 Å². The Morgan fingerprint density at radius 2 is 1.17 bits per heavy atom. The number of rotatable bonds is 2. The Bertz CT molecular complexity index is 522. The zero-order valence-electron chi connectivity index (χ0n) is 10.9. The van der Waals surface area contributed by atoms with Crippen LogP contribution in [0, 0.1) is 13.8 Å². The van der Waals surface area contributed by atoms with Gasteiger partial charge in [0.05, 0.1) is 0 Å². The fraction of sp³-hybridized carbons (Fsp3) is 0.250. The Labute approximate surface area is 108 Å². The fourth-order valence-corrected chi connectivity index (χ4v) is 2.21. The average Bonchev–Trinajstić information content (AvgIpc) is 2.28. The molecule has 0 heterocycles. The van der Waals surface area contributed by atoms with Gasteiger partial charge in [-0.25, -0.2) is 0 Å². The summed E-state index contributed by atoms with van der Waals surface area (Å²) in [5.74, 6) is 0.524. The highest BCUT2D eigenvalue weighted by Gasteiger charge is 2.15. The van der Waals surface area contributed by atoms with Gasteiger partial charge in [0.15, 0.2) is 0 Å². The molecule has 0 aliphatic carbocycles. The van der Waals surface area contributed by atoms with E-state index in [0.717, 1.165) is 22.3 Å². The highest BCUT2D eigenvalue weighted by atomic mass is 16.3. The molecule has 0 aliphatic heterocycles. The van der Waals surface area contributed by atoms with Crippen LogP contribution in [0.5, 0.6) is 11.5 Å². The molecule has 94 valence electrons. The predicted molar refractivity (Wildman–Crippen MR) is 73.2 cm³/mol. The minimum Gasteiger partial charge on any atom is -0.508 e. The van der Waals surface area contributed by atoms with Gasteiger partial charge in [-0.1, -0.05) is 31.2 Å². The zero-order chi connectivity index (χ0) is 13.3. The van der Waals surface area contributed by atoms with Crippen molar-refractivity contribution in [3.8, 4) is 11.5 Å². The maximum Gasteiger partial charge on any atom is 0.119 e. The van der Waals surface area contributed by atoms with E-state index in [9.17, 15) is 10.2 Å². The van der Waals surface area contributed by atoms with E-state index < -0.39 is 0 Å². The summed E-state index contributed by atoms with van der Waals surface area (Å²) in [4.78, 5) is 0. The predicted octanol–water partition coefficient (Wildman–Crippen LogP) is 3.87. The van der Waals surface area contributed by atoms with E-state index in [4.69, 9.17) is 0 Å². The monoisotopic (exact) mass is 242 g/mol. The van der Waals surface area contributed by atoms with Crippen molar-refractivity contribution < 1.29 is 10.2 Å². The van der Waals surface area contributed by atoms with Crippen LogP contribution in [-0.4, -0.2) is 10.2 Å². The number of aryl methyl sites for hydroxylation is 2. The van der Waals surface area contributed by atoms with Crippen LogP contribution in [0.25, 0.3) is 0 Å². The number of benzene rings is 2. The molecule has 0 bridgehead atoms. The lowest BCUT2D eigenvalue weighted by atomic mass is 9.90. The molecule has 0 aromatic heterocycles. The van der Waals surface area contributed by atoms with Crippen LogP contribution in [-0.2, 0) is 0 Å². The summed E-state index contributed by atoms with van der Waals surface area (Å²) in [5, 5.41) is 20.0. The first kappa shape index (κ1) is 12.5. The third-order valence-corrected chi connectivity index (χ3v) is 3.30. The van der Waals surface area contributed by atoms with E-state index >= 15 is 0 Å². The van der Waals surface area contributed by atoms with Gasteiger partial charge in [0, 0.05) is 17.0 Å². The third-order valence-electron chi connectivity index (χ3n) is 3.30. The Kier molecular flexibility index (Phi) is 3.28. The lowest BCUT2D eigenvalue weighted by Gasteiger charge is -2.16. The highest BCUT2D eigenvalue weighted by molar-refractivity contribution is 5.47. The van der Waals surface area contributed by atoms with Gasteiger partial charge in [0.25, 0.3) is 0 Å². The van der Waals surface area contributed by atoms with Crippen molar-refractivity contribution in [2.45, 2.75) is 26.7 Å². The maximum atomic E-state index is 9.99. The fourth-order valence-electron chi connectivity index (χ4n) is 2.21. The summed E-state index contributed by atoms with van der Waals surface area (Å²) < 4.78 is 0. The average molecular weight is 242 g/mol. The summed E-state index contributed by atoms with van der Waals surface area (Å²) in [5.41, 5.74) is 3.72. The number of phenols is 2. The third kappa shape index (κ3) is 2.33. The van der Waals surface area contributed by atoms with Crippen LogP contribution in [0.1, 0.15) is 35.1 Å². The smallest absolute Gasteiger partial charge is 0.119 e. The lowest BCUT2D eigenvalue weighted by molar-refractivity contribution is 0.456. The van der Waals surface area contributed by atoms with Gasteiger partial charge in [-0.2, -0.15) is 0 Å². The second kappa shape index (κ2) is 4.73. The van der Waals surface area contributed by atoms with E-state index in [-0.39, 0.29) is 17.4 Å². The van der Waals surface area contributed by atoms with Crippen molar-refractivity contribution in [2.24, 2.45) is 0 Å². The summed E-state index contributed by atoms with van der Waals surface area (Å²) in [7, 11) is 0. The summed E-state index contributed by atoms with van der Waals surface area (Å²) in [6.45, 7) is 5.86. The van der Waals surface area contributed by atoms with Crippen molar-refractivity contribution >= 4 is 0 Å². The first-order valence-corrected chi connectivity index (χ1v) is 6.08. The molecule has 18 heavy (non-hydrogen) atoms. The number of hydrogen-bond acceptors (Lipinski definition) is 2. The molecule has 0 saturated heterocycles. The van der Waals surface area contributed by atoms with Crippen molar-refractivity contribution in [3.63, 3.8) is 0 Å². The van der Waals surface area contributed by atoms with Crippen LogP contribution in [0.3, 0.4) is 0 Å². The SMILES string of the molecule is Cc1ccc(C(C)c2ccc(C)cc2O)c(O)c1. The molecule has 0 spiro atoms. The molecular formula is C16H18O2. The number of phenolic OH excluding ortho intramolecular Hbond substituents is 2. The van der Waals surface area contributed by atoms with Gasteiger partial charge in [-0.05, 0) is 37.1 Å². The molecule has 0 fully saturated rings. The first-order chi connectivity index (χ1) is 8.49. The summed E-state index contributed by atoms with van der Waals surface area (Å²) in [6, 6.07) is 11.3.